The third kappa shape index (κ3) is 4.32. The smallest absolute Gasteiger partial charge is 0.244 e. The molecule has 0 atom stereocenters. The quantitative estimate of drug-likeness (QED) is 0.650. The first-order valence-corrected chi connectivity index (χ1v) is 7.76. The second-order valence-corrected chi connectivity index (χ2v) is 5.56. The molecule has 2 aromatic rings. The molecule has 0 unspecified atom stereocenters. The fourth-order valence-corrected chi connectivity index (χ4v) is 2.60. The summed E-state index contributed by atoms with van der Waals surface area (Å²) in [5.41, 5.74) is 0. The van der Waals surface area contributed by atoms with Gasteiger partial charge < -0.3 is 14.2 Å². The molecule has 0 aliphatic carbocycles. The highest BCUT2D eigenvalue weighted by Crippen LogP contribution is 2.09. The fourth-order valence-electron chi connectivity index (χ4n) is 2.60. The van der Waals surface area contributed by atoms with Gasteiger partial charge in [0.2, 0.25) is 11.8 Å². The van der Waals surface area contributed by atoms with Crippen LogP contribution < -0.4 is 0 Å². The van der Waals surface area contributed by atoms with Gasteiger partial charge in [0.1, 0.15) is 19.5 Å². The van der Waals surface area contributed by atoms with Crippen LogP contribution in [0.5, 0.6) is 0 Å². The monoisotopic (exact) mass is 336 g/mol. The maximum atomic E-state index is 12.3. The predicted octanol–water partition coefficient (Wildman–Crippen LogP) is -1.06. The zero-order valence-corrected chi connectivity index (χ0v) is 13.5. The average Bonchev–Trinajstić information content (AvgIpc) is 3.16. The van der Waals surface area contributed by atoms with E-state index in [2.05, 4.69) is 30.6 Å². The van der Waals surface area contributed by atoms with Gasteiger partial charge in [-0.2, -0.15) is 4.98 Å². The van der Waals surface area contributed by atoms with Crippen LogP contribution >= 0.6 is 0 Å². The van der Waals surface area contributed by atoms with Crippen LogP contribution in [0.3, 0.4) is 0 Å². The summed E-state index contributed by atoms with van der Waals surface area (Å²) in [6.45, 7) is 4.07. The molecule has 1 fully saturated rings. The lowest BCUT2D eigenvalue weighted by atomic mass is 10.3. The number of carbonyl (C=O) groups excluding carboxylic acids is 1. The molecule has 130 valence electrons. The Morgan fingerprint density at radius 1 is 1.33 bits per heavy atom. The van der Waals surface area contributed by atoms with E-state index in [0.29, 0.717) is 31.4 Å². The van der Waals surface area contributed by atoms with Crippen LogP contribution in [0.2, 0.25) is 0 Å². The normalized spacial score (nSPS) is 16.3. The largest absolute Gasteiger partial charge is 0.377 e. The molecule has 3 heterocycles. The Labute approximate surface area is 138 Å². The van der Waals surface area contributed by atoms with Crippen LogP contribution in [0, 0.1) is 0 Å². The summed E-state index contributed by atoms with van der Waals surface area (Å²) in [4.78, 5) is 20.6. The van der Waals surface area contributed by atoms with E-state index in [0.717, 1.165) is 26.1 Å². The molecule has 0 saturated carbocycles. The van der Waals surface area contributed by atoms with Crippen molar-refractivity contribution in [3.8, 4) is 0 Å². The van der Waals surface area contributed by atoms with Gasteiger partial charge in [-0.1, -0.05) is 5.16 Å². The topological polar surface area (TPSA) is 115 Å². The van der Waals surface area contributed by atoms with E-state index in [9.17, 15) is 4.79 Å². The molecule has 24 heavy (non-hydrogen) atoms. The first-order valence-electron chi connectivity index (χ1n) is 7.76. The average molecular weight is 336 g/mol. The molecule has 0 radical (unpaired) electrons. The molecular formula is C13H20N8O3. The zero-order valence-electron chi connectivity index (χ0n) is 13.5. The lowest BCUT2D eigenvalue weighted by molar-refractivity contribution is -0.131. The van der Waals surface area contributed by atoms with Gasteiger partial charge in [-0.3, -0.25) is 9.69 Å². The van der Waals surface area contributed by atoms with Crippen molar-refractivity contribution >= 4 is 5.91 Å². The SMILES string of the molecule is COCc1noc(CN2CCCN(C(=O)Cn3cnnn3)CC2)n1. The minimum atomic E-state index is 0.0179. The summed E-state index contributed by atoms with van der Waals surface area (Å²) in [5.74, 6) is 1.13. The standard InChI is InChI=1S/C13H20N8O3/c1-23-9-11-15-12(24-16-11)7-19-3-2-4-20(6-5-19)13(22)8-21-10-14-17-18-21/h10H,2-9H2,1H3. The minimum Gasteiger partial charge on any atom is -0.377 e. The van der Waals surface area contributed by atoms with E-state index in [-0.39, 0.29) is 12.5 Å². The third-order valence-corrected chi connectivity index (χ3v) is 3.77. The number of carbonyl (C=O) groups is 1. The Balaban J connectivity index is 1.49. The number of methoxy groups -OCH3 is 1. The van der Waals surface area contributed by atoms with Crippen LogP contribution in [0.1, 0.15) is 18.1 Å². The number of hydrogen-bond acceptors (Lipinski definition) is 9. The molecular weight excluding hydrogens is 316 g/mol. The summed E-state index contributed by atoms with van der Waals surface area (Å²) in [5, 5.41) is 14.6. The first kappa shape index (κ1) is 16.5. The van der Waals surface area contributed by atoms with Crippen molar-refractivity contribution in [3.05, 3.63) is 18.0 Å². The van der Waals surface area contributed by atoms with Gasteiger partial charge in [-0.05, 0) is 16.8 Å². The molecule has 0 aromatic carbocycles. The molecule has 0 spiro atoms. The van der Waals surface area contributed by atoms with Crippen LogP contribution in [0.4, 0.5) is 0 Å². The molecule has 11 heteroatoms. The van der Waals surface area contributed by atoms with Gasteiger partial charge in [0, 0.05) is 33.3 Å². The van der Waals surface area contributed by atoms with Gasteiger partial charge in [-0.15, -0.1) is 5.10 Å². The zero-order chi connectivity index (χ0) is 16.8. The number of rotatable bonds is 6. The Kier molecular flexibility index (Phi) is 5.43. The Morgan fingerprint density at radius 2 is 2.25 bits per heavy atom. The maximum absolute atomic E-state index is 12.3. The molecule has 1 amide bonds. The van der Waals surface area contributed by atoms with E-state index in [1.165, 1.54) is 11.0 Å². The molecule has 3 rings (SSSR count). The second kappa shape index (κ2) is 7.93. The second-order valence-electron chi connectivity index (χ2n) is 5.56. The van der Waals surface area contributed by atoms with Crippen LogP contribution in [-0.4, -0.2) is 79.3 Å². The van der Waals surface area contributed by atoms with Crippen molar-refractivity contribution in [3.63, 3.8) is 0 Å². The predicted molar refractivity (Wildman–Crippen MR) is 79.3 cm³/mol. The number of amides is 1. The molecule has 0 bridgehead atoms. The van der Waals surface area contributed by atoms with Crippen LogP contribution in [0.25, 0.3) is 0 Å². The van der Waals surface area contributed by atoms with Gasteiger partial charge in [-0.25, -0.2) is 4.68 Å². The van der Waals surface area contributed by atoms with Crippen molar-refractivity contribution in [2.75, 3.05) is 33.3 Å². The Morgan fingerprint density at radius 3 is 3.04 bits per heavy atom. The van der Waals surface area contributed by atoms with Gasteiger partial charge in [0.05, 0.1) is 6.54 Å². The Bertz CT molecular complexity index is 643. The lowest BCUT2D eigenvalue weighted by Gasteiger charge is -2.21. The van der Waals surface area contributed by atoms with E-state index in [4.69, 9.17) is 9.26 Å². The van der Waals surface area contributed by atoms with Crippen molar-refractivity contribution in [2.45, 2.75) is 26.1 Å². The molecule has 2 aromatic heterocycles. The third-order valence-electron chi connectivity index (χ3n) is 3.77. The summed E-state index contributed by atoms with van der Waals surface area (Å²) in [6.07, 6.45) is 2.33. The van der Waals surface area contributed by atoms with E-state index >= 15 is 0 Å². The van der Waals surface area contributed by atoms with E-state index < -0.39 is 0 Å². The van der Waals surface area contributed by atoms with E-state index in [1.54, 1.807) is 7.11 Å². The molecule has 1 aliphatic heterocycles. The summed E-state index contributed by atoms with van der Waals surface area (Å²) >= 11 is 0. The highest BCUT2D eigenvalue weighted by Gasteiger charge is 2.21. The molecule has 0 N–H and O–H groups in total. The highest BCUT2D eigenvalue weighted by atomic mass is 16.5. The number of aromatic nitrogens is 6. The number of nitrogens with zero attached hydrogens (tertiary/aromatic N) is 8. The number of ether oxygens (including phenoxy) is 1. The van der Waals surface area contributed by atoms with Crippen LogP contribution in [-0.2, 0) is 29.2 Å². The number of hydrogen-bond donors (Lipinski definition) is 0. The summed E-state index contributed by atoms with van der Waals surface area (Å²) in [6, 6.07) is 0. The molecule has 11 nitrogen and oxygen atoms in total. The maximum Gasteiger partial charge on any atom is 0.244 e. The Hall–Kier alpha value is -2.40. The molecule has 1 aliphatic rings. The fraction of sp³-hybridized carbons (Fsp3) is 0.692. The first-order chi connectivity index (χ1) is 11.7. The van der Waals surface area contributed by atoms with Gasteiger partial charge >= 0.3 is 0 Å². The minimum absolute atomic E-state index is 0.0179. The summed E-state index contributed by atoms with van der Waals surface area (Å²) in [7, 11) is 1.59. The van der Waals surface area contributed by atoms with Crippen molar-refractivity contribution in [1.82, 2.24) is 40.1 Å². The molecule has 1 saturated heterocycles. The summed E-state index contributed by atoms with van der Waals surface area (Å²) < 4.78 is 11.6. The van der Waals surface area contributed by atoms with Crippen LogP contribution in [0.15, 0.2) is 10.9 Å². The van der Waals surface area contributed by atoms with Gasteiger partial charge in [0.25, 0.3) is 0 Å². The number of tetrazole rings is 1. The van der Waals surface area contributed by atoms with Gasteiger partial charge in [0.15, 0.2) is 5.82 Å². The van der Waals surface area contributed by atoms with Crippen molar-refractivity contribution in [2.24, 2.45) is 0 Å². The lowest BCUT2D eigenvalue weighted by Crippen LogP contribution is -2.37. The van der Waals surface area contributed by atoms with Crippen molar-refractivity contribution in [1.29, 1.82) is 0 Å². The van der Waals surface area contributed by atoms with E-state index in [1.807, 2.05) is 4.90 Å². The highest BCUT2D eigenvalue weighted by molar-refractivity contribution is 5.75. The van der Waals surface area contributed by atoms with Crippen molar-refractivity contribution < 1.29 is 14.1 Å².